The molecule has 0 bridgehead atoms. The van der Waals surface area contributed by atoms with Gasteiger partial charge in [0.05, 0.1) is 19.1 Å². The van der Waals surface area contributed by atoms with E-state index in [4.69, 9.17) is 4.74 Å². The minimum atomic E-state index is -4.92. The second kappa shape index (κ2) is 10.3. The van der Waals surface area contributed by atoms with Gasteiger partial charge in [-0.1, -0.05) is 38.1 Å². The van der Waals surface area contributed by atoms with Gasteiger partial charge in [-0.15, -0.1) is 13.2 Å². The summed E-state index contributed by atoms with van der Waals surface area (Å²) < 4.78 is 47.0. The molecule has 0 fully saturated rings. The van der Waals surface area contributed by atoms with E-state index in [1.54, 1.807) is 19.1 Å². The molecule has 0 heterocycles. The summed E-state index contributed by atoms with van der Waals surface area (Å²) in [5.74, 6) is -2.83. The SMILES string of the molecule is CCCOc1cccc(C(=O)N(Cc2cccc(C(C)C(=O)O)c2CC)C(F)(F)F)c1. The summed E-state index contributed by atoms with van der Waals surface area (Å²) in [6, 6.07) is 10.3. The standard InChI is InChI=1S/C23H26F3NO4/c1-4-12-31-18-10-6-8-16(13-18)21(28)27(23(24,25)26)14-17-9-7-11-20(19(17)5-2)15(3)22(29)30/h6-11,13,15H,4-5,12,14H2,1-3H3,(H,29,30). The molecule has 0 saturated carbocycles. The molecule has 1 amide bonds. The Hall–Kier alpha value is -3.03. The molecule has 0 spiro atoms. The summed E-state index contributed by atoms with van der Waals surface area (Å²) in [5, 5.41) is 9.33. The van der Waals surface area contributed by atoms with Crippen LogP contribution in [0.15, 0.2) is 42.5 Å². The minimum absolute atomic E-state index is 0.140. The van der Waals surface area contributed by atoms with E-state index in [9.17, 15) is 27.9 Å². The molecule has 31 heavy (non-hydrogen) atoms. The van der Waals surface area contributed by atoms with Crippen molar-refractivity contribution in [1.29, 1.82) is 0 Å². The van der Waals surface area contributed by atoms with Gasteiger partial charge in [0.25, 0.3) is 5.91 Å². The van der Waals surface area contributed by atoms with Gasteiger partial charge in [-0.05, 0) is 54.7 Å². The number of carboxylic acid groups (broad SMARTS) is 1. The summed E-state index contributed by atoms with van der Waals surface area (Å²) in [6.07, 6.45) is -3.86. The predicted octanol–water partition coefficient (Wildman–Crippen LogP) is 5.39. The molecule has 2 aromatic rings. The van der Waals surface area contributed by atoms with Crippen molar-refractivity contribution in [2.75, 3.05) is 6.61 Å². The van der Waals surface area contributed by atoms with Gasteiger partial charge in [-0.3, -0.25) is 9.59 Å². The number of ether oxygens (including phenoxy) is 1. The van der Waals surface area contributed by atoms with E-state index in [0.29, 0.717) is 29.9 Å². The van der Waals surface area contributed by atoms with Gasteiger partial charge in [0, 0.05) is 5.56 Å². The molecule has 2 rings (SSSR count). The van der Waals surface area contributed by atoms with Crippen molar-refractivity contribution < 1.29 is 32.6 Å². The number of aliphatic carboxylic acids is 1. The van der Waals surface area contributed by atoms with Crippen LogP contribution in [0.4, 0.5) is 13.2 Å². The Morgan fingerprint density at radius 3 is 2.39 bits per heavy atom. The van der Waals surface area contributed by atoms with Gasteiger partial charge < -0.3 is 9.84 Å². The van der Waals surface area contributed by atoms with Crippen molar-refractivity contribution in [3.63, 3.8) is 0 Å². The van der Waals surface area contributed by atoms with E-state index in [0.717, 1.165) is 6.42 Å². The van der Waals surface area contributed by atoms with Crippen molar-refractivity contribution in [3.05, 3.63) is 64.7 Å². The van der Waals surface area contributed by atoms with E-state index in [-0.39, 0.29) is 16.0 Å². The zero-order valence-electron chi connectivity index (χ0n) is 17.7. The lowest BCUT2D eigenvalue weighted by Gasteiger charge is -2.27. The van der Waals surface area contributed by atoms with E-state index < -0.39 is 30.6 Å². The van der Waals surface area contributed by atoms with Crippen LogP contribution in [0.5, 0.6) is 5.75 Å². The van der Waals surface area contributed by atoms with Crippen molar-refractivity contribution in [2.24, 2.45) is 0 Å². The zero-order valence-corrected chi connectivity index (χ0v) is 17.7. The first kappa shape index (κ1) is 24.2. The maximum atomic E-state index is 13.8. The summed E-state index contributed by atoms with van der Waals surface area (Å²) in [6.45, 7) is 4.78. The molecule has 1 N–H and O–H groups in total. The van der Waals surface area contributed by atoms with Gasteiger partial charge >= 0.3 is 12.3 Å². The van der Waals surface area contributed by atoms with Crippen molar-refractivity contribution in [3.8, 4) is 5.75 Å². The third-order valence-electron chi connectivity index (χ3n) is 4.93. The maximum absolute atomic E-state index is 13.8. The first-order chi connectivity index (χ1) is 14.6. The Morgan fingerprint density at radius 1 is 1.13 bits per heavy atom. The lowest BCUT2D eigenvalue weighted by atomic mass is 9.90. The number of nitrogens with zero attached hydrogens (tertiary/aromatic N) is 1. The Morgan fingerprint density at radius 2 is 1.81 bits per heavy atom. The third-order valence-corrected chi connectivity index (χ3v) is 4.93. The van der Waals surface area contributed by atoms with Gasteiger partial charge in [0.15, 0.2) is 0 Å². The summed E-state index contributed by atoms with van der Waals surface area (Å²) >= 11 is 0. The van der Waals surface area contributed by atoms with Crippen molar-refractivity contribution in [2.45, 2.75) is 52.4 Å². The van der Waals surface area contributed by atoms with Crippen LogP contribution in [0.3, 0.4) is 0 Å². The highest BCUT2D eigenvalue weighted by atomic mass is 19.4. The van der Waals surface area contributed by atoms with Gasteiger partial charge in [0.2, 0.25) is 0 Å². The molecular weight excluding hydrogens is 411 g/mol. The molecular formula is C23H26F3NO4. The lowest BCUT2D eigenvalue weighted by Crippen LogP contribution is -2.42. The number of rotatable bonds is 9. The van der Waals surface area contributed by atoms with Crippen LogP contribution in [0, 0.1) is 0 Å². The second-order valence-electron chi connectivity index (χ2n) is 7.13. The Kier molecular flexibility index (Phi) is 8.08. The summed E-state index contributed by atoms with van der Waals surface area (Å²) in [4.78, 5) is 24.1. The summed E-state index contributed by atoms with van der Waals surface area (Å²) in [7, 11) is 0. The molecule has 0 saturated heterocycles. The third kappa shape index (κ3) is 5.99. The number of alkyl halides is 3. The topological polar surface area (TPSA) is 66.8 Å². The Bertz CT molecular complexity index is 927. The highest BCUT2D eigenvalue weighted by Gasteiger charge is 2.41. The van der Waals surface area contributed by atoms with Crippen LogP contribution in [0.25, 0.3) is 0 Å². The van der Waals surface area contributed by atoms with Crippen molar-refractivity contribution >= 4 is 11.9 Å². The molecule has 5 nitrogen and oxygen atoms in total. The number of hydrogen-bond donors (Lipinski definition) is 1. The van der Waals surface area contributed by atoms with E-state index >= 15 is 0 Å². The van der Waals surface area contributed by atoms with Gasteiger partial charge in [-0.25, -0.2) is 4.90 Å². The van der Waals surface area contributed by atoms with Crippen LogP contribution >= 0.6 is 0 Å². The number of carboxylic acids is 1. The van der Waals surface area contributed by atoms with Crippen LogP contribution in [-0.4, -0.2) is 34.8 Å². The normalized spacial score (nSPS) is 12.3. The molecule has 0 aromatic heterocycles. The molecule has 1 unspecified atom stereocenters. The van der Waals surface area contributed by atoms with Crippen LogP contribution in [0.1, 0.15) is 60.2 Å². The van der Waals surface area contributed by atoms with Crippen LogP contribution in [-0.2, 0) is 17.8 Å². The number of amides is 1. The number of benzene rings is 2. The molecule has 2 aromatic carbocycles. The maximum Gasteiger partial charge on any atom is 0.487 e. The Balaban J connectivity index is 2.42. The average molecular weight is 437 g/mol. The zero-order chi connectivity index (χ0) is 23.2. The number of halogens is 3. The van der Waals surface area contributed by atoms with E-state index in [1.165, 1.54) is 37.3 Å². The second-order valence-corrected chi connectivity index (χ2v) is 7.13. The Labute approximate surface area is 179 Å². The first-order valence-electron chi connectivity index (χ1n) is 10.0. The molecule has 0 radical (unpaired) electrons. The number of carbonyl (C=O) groups is 2. The minimum Gasteiger partial charge on any atom is -0.494 e. The number of hydrogen-bond acceptors (Lipinski definition) is 3. The quantitative estimate of drug-likeness (QED) is 0.535. The molecule has 8 heteroatoms. The molecule has 1 atom stereocenters. The molecule has 0 aliphatic carbocycles. The van der Waals surface area contributed by atoms with Crippen LogP contribution < -0.4 is 4.74 Å². The van der Waals surface area contributed by atoms with Crippen LogP contribution in [0.2, 0.25) is 0 Å². The fourth-order valence-corrected chi connectivity index (χ4v) is 3.31. The highest BCUT2D eigenvalue weighted by molar-refractivity contribution is 5.94. The lowest BCUT2D eigenvalue weighted by molar-refractivity contribution is -0.228. The molecule has 168 valence electrons. The van der Waals surface area contributed by atoms with Gasteiger partial charge in [0.1, 0.15) is 5.75 Å². The smallest absolute Gasteiger partial charge is 0.487 e. The van der Waals surface area contributed by atoms with Gasteiger partial charge in [-0.2, -0.15) is 0 Å². The predicted molar refractivity (Wildman–Crippen MR) is 110 cm³/mol. The summed E-state index contributed by atoms with van der Waals surface area (Å²) in [5.41, 5.74) is 1.06. The van der Waals surface area contributed by atoms with Crippen molar-refractivity contribution in [1.82, 2.24) is 4.90 Å². The largest absolute Gasteiger partial charge is 0.494 e. The monoisotopic (exact) mass is 437 g/mol. The van der Waals surface area contributed by atoms with E-state index in [1.807, 2.05) is 6.92 Å². The fraction of sp³-hybridized carbons (Fsp3) is 0.391. The molecule has 0 aliphatic heterocycles. The molecule has 0 aliphatic rings. The van der Waals surface area contributed by atoms with E-state index in [2.05, 4.69) is 0 Å². The fourth-order valence-electron chi connectivity index (χ4n) is 3.31. The highest BCUT2D eigenvalue weighted by Crippen LogP contribution is 2.30. The number of carbonyl (C=O) groups excluding carboxylic acids is 1. The first-order valence-corrected chi connectivity index (χ1v) is 10.0. The average Bonchev–Trinajstić information content (AvgIpc) is 2.74.